The number of hydrogen-bond acceptors (Lipinski definition) is 4. The fourth-order valence-corrected chi connectivity index (χ4v) is 1.65. The summed E-state index contributed by atoms with van der Waals surface area (Å²) in [5, 5.41) is 10.5. The number of ketones is 1. The number of rotatable bonds is 9. The number of nitro benzene ring substituents is 1. The number of carbonyl (C=O) groups is 1. The molecule has 0 N–H and O–H groups in total. The highest BCUT2D eigenvalue weighted by atomic mass is 16.6. The lowest BCUT2D eigenvalue weighted by Gasteiger charge is -2.03. The smallest absolute Gasteiger partial charge is 0.269 e. The molecule has 1 aromatic rings. The third-order valence-corrected chi connectivity index (χ3v) is 2.78. The van der Waals surface area contributed by atoms with Crippen molar-refractivity contribution in [2.45, 2.75) is 32.6 Å². The number of nitrogens with zero attached hydrogens (tertiary/aromatic N) is 1. The van der Waals surface area contributed by atoms with Gasteiger partial charge in [0.25, 0.3) is 5.69 Å². The lowest BCUT2D eigenvalue weighted by atomic mass is 10.1. The Labute approximate surface area is 112 Å². The molecule has 0 fully saturated rings. The molecule has 1 rings (SSSR count). The van der Waals surface area contributed by atoms with E-state index in [0.29, 0.717) is 12.2 Å². The van der Waals surface area contributed by atoms with E-state index in [0.717, 1.165) is 12.8 Å². The van der Waals surface area contributed by atoms with Gasteiger partial charge >= 0.3 is 0 Å². The van der Waals surface area contributed by atoms with Gasteiger partial charge in [-0.3, -0.25) is 14.9 Å². The first-order valence-corrected chi connectivity index (χ1v) is 6.50. The van der Waals surface area contributed by atoms with Gasteiger partial charge in [0, 0.05) is 24.3 Å². The second kappa shape index (κ2) is 8.37. The van der Waals surface area contributed by atoms with Crippen molar-refractivity contribution in [3.63, 3.8) is 0 Å². The molecule has 0 aromatic heterocycles. The Bertz CT molecular complexity index is 414. The normalized spacial score (nSPS) is 10.4. The van der Waals surface area contributed by atoms with Crippen LogP contribution in [0.2, 0.25) is 0 Å². The second-order valence-electron chi connectivity index (χ2n) is 4.34. The summed E-state index contributed by atoms with van der Waals surface area (Å²) in [5.74, 6) is -0.148. The molecule has 0 unspecified atom stereocenters. The SMILES string of the molecule is CCCCCCOCC(=O)c1ccc([N+](=O)[O-])cc1. The third-order valence-electron chi connectivity index (χ3n) is 2.78. The maximum Gasteiger partial charge on any atom is 0.269 e. The molecule has 0 amide bonds. The summed E-state index contributed by atoms with van der Waals surface area (Å²) in [6.45, 7) is 2.75. The molecule has 0 radical (unpaired) electrons. The fraction of sp³-hybridized carbons (Fsp3) is 0.500. The molecule has 1 aromatic carbocycles. The van der Waals surface area contributed by atoms with Gasteiger partial charge < -0.3 is 4.74 Å². The van der Waals surface area contributed by atoms with E-state index >= 15 is 0 Å². The molecule has 0 aliphatic rings. The molecule has 0 heterocycles. The molecule has 0 spiro atoms. The predicted octanol–water partition coefficient (Wildman–Crippen LogP) is 3.37. The van der Waals surface area contributed by atoms with Crippen molar-refractivity contribution in [1.82, 2.24) is 0 Å². The van der Waals surface area contributed by atoms with Crippen molar-refractivity contribution >= 4 is 11.5 Å². The molecular formula is C14H19NO4. The maximum absolute atomic E-state index is 11.7. The van der Waals surface area contributed by atoms with E-state index < -0.39 is 4.92 Å². The van der Waals surface area contributed by atoms with Crippen molar-refractivity contribution < 1.29 is 14.5 Å². The summed E-state index contributed by atoms with van der Waals surface area (Å²) < 4.78 is 5.29. The molecule has 19 heavy (non-hydrogen) atoms. The largest absolute Gasteiger partial charge is 0.373 e. The number of non-ortho nitro benzene ring substituents is 1. The van der Waals surface area contributed by atoms with Crippen LogP contribution >= 0.6 is 0 Å². The minimum absolute atomic E-state index is 0.0166. The molecule has 5 nitrogen and oxygen atoms in total. The van der Waals surface area contributed by atoms with Crippen LogP contribution < -0.4 is 0 Å². The zero-order chi connectivity index (χ0) is 14.1. The fourth-order valence-electron chi connectivity index (χ4n) is 1.65. The van der Waals surface area contributed by atoms with Crippen LogP contribution in [0.1, 0.15) is 43.0 Å². The number of carbonyl (C=O) groups excluding carboxylic acids is 1. The molecule has 0 saturated heterocycles. The molecule has 0 aliphatic carbocycles. The highest BCUT2D eigenvalue weighted by Crippen LogP contribution is 2.12. The van der Waals surface area contributed by atoms with E-state index in [-0.39, 0.29) is 18.1 Å². The number of nitro groups is 1. The Hall–Kier alpha value is -1.75. The highest BCUT2D eigenvalue weighted by Gasteiger charge is 2.09. The highest BCUT2D eigenvalue weighted by molar-refractivity contribution is 5.97. The molecular weight excluding hydrogens is 246 g/mol. The maximum atomic E-state index is 11.7. The van der Waals surface area contributed by atoms with Crippen LogP contribution in [-0.2, 0) is 4.74 Å². The molecule has 0 atom stereocenters. The Morgan fingerprint density at radius 1 is 1.21 bits per heavy atom. The van der Waals surface area contributed by atoms with Crippen LogP contribution in [0.25, 0.3) is 0 Å². The molecule has 0 saturated carbocycles. The van der Waals surface area contributed by atoms with Gasteiger partial charge in [-0.1, -0.05) is 26.2 Å². The lowest BCUT2D eigenvalue weighted by Crippen LogP contribution is -2.09. The summed E-state index contributed by atoms with van der Waals surface area (Å²) in [4.78, 5) is 21.7. The summed E-state index contributed by atoms with van der Waals surface area (Å²) in [6, 6.07) is 5.57. The lowest BCUT2D eigenvalue weighted by molar-refractivity contribution is -0.384. The van der Waals surface area contributed by atoms with Gasteiger partial charge in [-0.25, -0.2) is 0 Å². The third kappa shape index (κ3) is 5.61. The quantitative estimate of drug-likeness (QED) is 0.297. The zero-order valence-corrected chi connectivity index (χ0v) is 11.1. The second-order valence-corrected chi connectivity index (χ2v) is 4.34. The topological polar surface area (TPSA) is 69.4 Å². The predicted molar refractivity (Wildman–Crippen MR) is 72.4 cm³/mol. The van der Waals surface area contributed by atoms with E-state index in [1.165, 1.54) is 37.1 Å². The molecule has 104 valence electrons. The van der Waals surface area contributed by atoms with Gasteiger partial charge in [0.1, 0.15) is 6.61 Å². The average molecular weight is 265 g/mol. The van der Waals surface area contributed by atoms with Crippen LogP contribution in [0, 0.1) is 10.1 Å². The number of ether oxygens (including phenoxy) is 1. The number of unbranched alkanes of at least 4 members (excludes halogenated alkanes) is 3. The van der Waals surface area contributed by atoms with Crippen molar-refractivity contribution in [3.05, 3.63) is 39.9 Å². The van der Waals surface area contributed by atoms with Crippen LogP contribution in [-0.4, -0.2) is 23.9 Å². The van der Waals surface area contributed by atoms with E-state index in [9.17, 15) is 14.9 Å². The van der Waals surface area contributed by atoms with Gasteiger partial charge in [-0.05, 0) is 18.6 Å². The average Bonchev–Trinajstić information content (AvgIpc) is 2.42. The van der Waals surface area contributed by atoms with Crippen LogP contribution in [0.3, 0.4) is 0 Å². The zero-order valence-electron chi connectivity index (χ0n) is 11.1. The number of Topliss-reactive ketones (excluding diaryl/α,β-unsaturated/α-hetero) is 1. The molecule has 5 heteroatoms. The minimum Gasteiger partial charge on any atom is -0.373 e. The number of hydrogen-bond donors (Lipinski definition) is 0. The van der Waals surface area contributed by atoms with Crippen molar-refractivity contribution in [1.29, 1.82) is 0 Å². The summed E-state index contributed by atoms with van der Waals surface area (Å²) in [5.41, 5.74) is 0.427. The molecule has 0 bridgehead atoms. The summed E-state index contributed by atoms with van der Waals surface area (Å²) >= 11 is 0. The Morgan fingerprint density at radius 3 is 2.47 bits per heavy atom. The van der Waals surface area contributed by atoms with E-state index in [1.807, 2.05) is 0 Å². The van der Waals surface area contributed by atoms with Crippen LogP contribution in [0.4, 0.5) is 5.69 Å². The van der Waals surface area contributed by atoms with Crippen molar-refractivity contribution in [3.8, 4) is 0 Å². The van der Waals surface area contributed by atoms with Crippen LogP contribution in [0.15, 0.2) is 24.3 Å². The van der Waals surface area contributed by atoms with Gasteiger partial charge in [0.05, 0.1) is 4.92 Å². The molecule has 0 aliphatic heterocycles. The van der Waals surface area contributed by atoms with E-state index in [4.69, 9.17) is 4.74 Å². The Morgan fingerprint density at radius 2 is 1.89 bits per heavy atom. The number of benzene rings is 1. The standard InChI is InChI=1S/C14H19NO4/c1-2-3-4-5-10-19-11-14(16)12-6-8-13(9-7-12)15(17)18/h6-9H,2-5,10-11H2,1H3. The van der Waals surface area contributed by atoms with E-state index in [2.05, 4.69) is 6.92 Å². The first-order chi connectivity index (χ1) is 9.15. The first-order valence-electron chi connectivity index (χ1n) is 6.50. The van der Waals surface area contributed by atoms with Gasteiger partial charge in [-0.2, -0.15) is 0 Å². The monoisotopic (exact) mass is 265 g/mol. The Balaban J connectivity index is 2.31. The van der Waals surface area contributed by atoms with Crippen LogP contribution in [0.5, 0.6) is 0 Å². The summed E-state index contributed by atoms with van der Waals surface area (Å²) in [7, 11) is 0. The van der Waals surface area contributed by atoms with Gasteiger partial charge in [-0.15, -0.1) is 0 Å². The van der Waals surface area contributed by atoms with Crippen molar-refractivity contribution in [2.75, 3.05) is 13.2 Å². The first kappa shape index (κ1) is 15.3. The minimum atomic E-state index is -0.488. The van der Waals surface area contributed by atoms with Gasteiger partial charge in [0.2, 0.25) is 0 Å². The van der Waals surface area contributed by atoms with Gasteiger partial charge in [0.15, 0.2) is 5.78 Å². The Kier molecular flexibility index (Phi) is 6.74. The van der Waals surface area contributed by atoms with E-state index in [1.54, 1.807) is 0 Å². The summed E-state index contributed by atoms with van der Waals surface area (Å²) in [6.07, 6.45) is 4.42. The van der Waals surface area contributed by atoms with Crippen molar-refractivity contribution in [2.24, 2.45) is 0 Å².